The van der Waals surface area contributed by atoms with Crippen LogP contribution in [0, 0.1) is 35.5 Å². The van der Waals surface area contributed by atoms with Gasteiger partial charge in [-0.05, 0) is 123 Å². The third-order valence-corrected chi connectivity index (χ3v) is 9.34. The van der Waals surface area contributed by atoms with E-state index in [1.807, 2.05) is 12.1 Å². The molecule has 31 heavy (non-hydrogen) atoms. The predicted molar refractivity (Wildman–Crippen MR) is 122 cm³/mol. The van der Waals surface area contributed by atoms with Gasteiger partial charge in [0.05, 0.1) is 0 Å². The summed E-state index contributed by atoms with van der Waals surface area (Å²) in [7, 11) is 0. The Hall–Kier alpha value is -1.55. The average molecular weight is 426 g/mol. The number of rotatable bonds is 5. The fraction of sp³-hybridized carbons (Fsp3) is 0.741. The number of aliphatic carboxylic acids is 1. The van der Waals surface area contributed by atoms with E-state index >= 15 is 0 Å². The van der Waals surface area contributed by atoms with Crippen LogP contribution in [0.25, 0.3) is 0 Å². The molecule has 6 saturated carbocycles. The first-order valence-corrected chi connectivity index (χ1v) is 12.6. The quantitative estimate of drug-likeness (QED) is 0.664. The second kappa shape index (κ2) is 8.42. The van der Waals surface area contributed by atoms with Gasteiger partial charge >= 0.3 is 5.97 Å². The molecule has 1 aromatic rings. The number of nitrogens with two attached hydrogens (primary N) is 1. The normalized spacial score (nSPS) is 40.3. The van der Waals surface area contributed by atoms with Crippen LogP contribution in [0.5, 0.6) is 5.75 Å². The zero-order valence-electron chi connectivity index (χ0n) is 19.0. The van der Waals surface area contributed by atoms with Crippen molar-refractivity contribution in [3.63, 3.8) is 0 Å². The lowest BCUT2D eigenvalue weighted by Gasteiger charge is -2.57. The van der Waals surface area contributed by atoms with Crippen molar-refractivity contribution in [2.45, 2.75) is 82.6 Å². The minimum atomic E-state index is -0.930. The molecule has 6 bridgehead atoms. The molecule has 0 aromatic heterocycles. The number of carboxylic acids is 1. The Bertz CT molecular complexity index is 751. The summed E-state index contributed by atoms with van der Waals surface area (Å²) >= 11 is 0. The molecule has 6 aliphatic carbocycles. The maximum Gasteiger partial charge on any atom is 0.341 e. The van der Waals surface area contributed by atoms with Crippen molar-refractivity contribution in [1.82, 2.24) is 0 Å². The molecule has 0 amide bonds. The highest BCUT2D eigenvalue weighted by Crippen LogP contribution is 2.60. The molecule has 4 heteroatoms. The lowest BCUT2D eigenvalue weighted by Crippen LogP contribution is -2.48. The summed E-state index contributed by atoms with van der Waals surface area (Å²) in [4.78, 5) is 10.5. The van der Waals surface area contributed by atoms with Crippen molar-refractivity contribution in [3.8, 4) is 5.75 Å². The topological polar surface area (TPSA) is 72.6 Å². The molecule has 0 saturated heterocycles. The van der Waals surface area contributed by atoms with Gasteiger partial charge in [-0.1, -0.05) is 18.6 Å². The first-order valence-electron chi connectivity index (χ1n) is 12.6. The number of benzene rings is 1. The highest BCUT2D eigenvalue weighted by atomic mass is 16.5. The fourth-order valence-corrected chi connectivity index (χ4v) is 8.45. The maximum absolute atomic E-state index is 10.5. The van der Waals surface area contributed by atoms with E-state index in [0.717, 1.165) is 35.5 Å². The summed E-state index contributed by atoms with van der Waals surface area (Å²) < 4.78 is 5.24. The number of ether oxygens (including phenoxy) is 1. The highest BCUT2D eigenvalue weighted by molar-refractivity contribution is 5.68. The lowest BCUT2D eigenvalue weighted by atomic mass is 9.48. The molecular formula is C27H39NO3. The molecule has 0 spiro atoms. The Morgan fingerprint density at radius 2 is 1.61 bits per heavy atom. The summed E-state index contributed by atoms with van der Waals surface area (Å²) in [5.74, 6) is 5.49. The van der Waals surface area contributed by atoms with E-state index in [-0.39, 0.29) is 6.61 Å². The summed E-state index contributed by atoms with van der Waals surface area (Å²) in [5, 5.41) is 8.66. The molecular weight excluding hydrogens is 386 g/mol. The number of carbonyl (C=O) groups is 1. The van der Waals surface area contributed by atoms with Crippen LogP contribution in [0.3, 0.4) is 0 Å². The van der Waals surface area contributed by atoms with E-state index in [1.54, 1.807) is 0 Å². The molecule has 4 unspecified atom stereocenters. The second-order valence-corrected chi connectivity index (χ2v) is 11.6. The molecule has 0 aliphatic heterocycles. The lowest BCUT2D eigenvalue weighted by molar-refractivity contribution is -0.139. The van der Waals surface area contributed by atoms with E-state index in [1.165, 1.54) is 69.8 Å². The largest absolute Gasteiger partial charge is 0.482 e. The van der Waals surface area contributed by atoms with Crippen molar-refractivity contribution in [2.75, 3.05) is 6.61 Å². The van der Waals surface area contributed by atoms with E-state index in [9.17, 15) is 4.79 Å². The summed E-state index contributed by atoms with van der Waals surface area (Å²) in [6.07, 6.45) is 14.3. The Kier molecular flexibility index (Phi) is 5.79. The SMILES string of the molecule is CC(N)C1CC2CCC1C2.O=C(O)COc1ccc(C23CC4CC(CC(C4)C2)C3)cc1. The summed E-state index contributed by atoms with van der Waals surface area (Å²) in [6, 6.07) is 8.68. The van der Waals surface area contributed by atoms with Crippen LogP contribution >= 0.6 is 0 Å². The molecule has 0 radical (unpaired) electrons. The summed E-state index contributed by atoms with van der Waals surface area (Å²) in [5.41, 5.74) is 7.74. The van der Waals surface area contributed by atoms with Gasteiger partial charge in [0.1, 0.15) is 5.75 Å². The van der Waals surface area contributed by atoms with Gasteiger partial charge in [-0.25, -0.2) is 4.79 Å². The minimum absolute atomic E-state index is 0.267. The molecule has 6 fully saturated rings. The van der Waals surface area contributed by atoms with Gasteiger partial charge in [0.25, 0.3) is 0 Å². The van der Waals surface area contributed by atoms with Gasteiger partial charge in [-0.3, -0.25) is 0 Å². The van der Waals surface area contributed by atoms with Crippen molar-refractivity contribution in [1.29, 1.82) is 0 Å². The van der Waals surface area contributed by atoms with Crippen molar-refractivity contribution < 1.29 is 14.6 Å². The number of fused-ring (bicyclic) bond motifs is 2. The standard InChI is InChI=1S/C18H22O3.C9H17N/c19-17(20)11-21-16-3-1-15(2-4-16)18-8-12-5-13(9-18)7-14(6-12)10-18;1-6(10)9-5-7-2-3-8(9)4-7/h1-4,12-14H,5-11H2,(H,19,20);6-9H,2-5,10H2,1H3. The van der Waals surface area contributed by atoms with Gasteiger partial charge < -0.3 is 15.6 Å². The third-order valence-electron chi connectivity index (χ3n) is 9.34. The molecule has 4 nitrogen and oxygen atoms in total. The summed E-state index contributed by atoms with van der Waals surface area (Å²) in [6.45, 7) is 1.90. The van der Waals surface area contributed by atoms with Gasteiger partial charge in [-0.15, -0.1) is 0 Å². The van der Waals surface area contributed by atoms with Gasteiger partial charge in [0.2, 0.25) is 0 Å². The predicted octanol–water partition coefficient (Wildman–Crippen LogP) is 5.39. The molecule has 7 rings (SSSR count). The van der Waals surface area contributed by atoms with Crippen molar-refractivity contribution >= 4 is 5.97 Å². The van der Waals surface area contributed by atoms with E-state index in [4.69, 9.17) is 15.6 Å². The van der Waals surface area contributed by atoms with E-state index in [2.05, 4.69) is 19.1 Å². The third kappa shape index (κ3) is 4.37. The molecule has 3 N–H and O–H groups in total. The van der Waals surface area contributed by atoms with Crippen molar-refractivity contribution in [2.24, 2.45) is 41.2 Å². The van der Waals surface area contributed by atoms with Crippen LogP contribution in [0.15, 0.2) is 24.3 Å². The van der Waals surface area contributed by atoms with Crippen LogP contribution in [-0.4, -0.2) is 23.7 Å². The van der Waals surface area contributed by atoms with Crippen molar-refractivity contribution in [3.05, 3.63) is 29.8 Å². The fourth-order valence-electron chi connectivity index (χ4n) is 8.45. The molecule has 170 valence electrons. The van der Waals surface area contributed by atoms with Gasteiger partial charge in [-0.2, -0.15) is 0 Å². The smallest absolute Gasteiger partial charge is 0.341 e. The average Bonchev–Trinajstić information content (AvgIpc) is 3.36. The Morgan fingerprint density at radius 1 is 1.00 bits per heavy atom. The molecule has 4 atom stereocenters. The van der Waals surface area contributed by atoms with E-state index < -0.39 is 5.97 Å². The highest BCUT2D eigenvalue weighted by Gasteiger charge is 2.51. The molecule has 6 aliphatic rings. The number of hydrogen-bond donors (Lipinski definition) is 2. The van der Waals surface area contributed by atoms with Crippen LogP contribution < -0.4 is 10.5 Å². The second-order valence-electron chi connectivity index (χ2n) is 11.6. The zero-order valence-corrected chi connectivity index (χ0v) is 19.0. The Morgan fingerprint density at radius 3 is 2.03 bits per heavy atom. The number of hydrogen-bond acceptors (Lipinski definition) is 3. The van der Waals surface area contributed by atoms with Crippen LogP contribution in [-0.2, 0) is 10.2 Å². The van der Waals surface area contributed by atoms with Gasteiger partial charge in [0.15, 0.2) is 6.61 Å². The van der Waals surface area contributed by atoms with Gasteiger partial charge in [0, 0.05) is 6.04 Å². The van der Waals surface area contributed by atoms with Crippen LogP contribution in [0.2, 0.25) is 0 Å². The van der Waals surface area contributed by atoms with E-state index in [0.29, 0.717) is 17.2 Å². The minimum Gasteiger partial charge on any atom is -0.482 e. The Labute approximate surface area is 186 Å². The maximum atomic E-state index is 10.5. The first-order chi connectivity index (χ1) is 14.9. The molecule has 1 aromatic carbocycles. The molecule has 0 heterocycles. The zero-order chi connectivity index (χ0) is 21.6. The number of carboxylic acid groups (broad SMARTS) is 1. The monoisotopic (exact) mass is 425 g/mol. The van der Waals surface area contributed by atoms with Crippen LogP contribution in [0.4, 0.5) is 0 Å². The van der Waals surface area contributed by atoms with Crippen LogP contribution in [0.1, 0.15) is 76.7 Å². The first kappa shape index (κ1) is 21.3. The Balaban J connectivity index is 0.000000171.